The highest BCUT2D eigenvalue weighted by atomic mass is 19.1. The maximum Gasteiger partial charge on any atom is 0.338 e. The van der Waals surface area contributed by atoms with Crippen LogP contribution in [0.15, 0.2) is 78.9 Å². The molecule has 5 nitrogen and oxygen atoms in total. The Kier molecular flexibility index (Phi) is 8.21. The molecule has 1 N–H and O–H groups in total. The van der Waals surface area contributed by atoms with Crippen molar-refractivity contribution in [1.82, 2.24) is 10.2 Å². The summed E-state index contributed by atoms with van der Waals surface area (Å²) in [6.45, 7) is 2.16. The summed E-state index contributed by atoms with van der Waals surface area (Å²) in [6.07, 6.45) is 1.67. The first-order valence-electron chi connectivity index (χ1n) is 11.7. The minimum Gasteiger partial charge on any atom is -0.462 e. The van der Waals surface area contributed by atoms with E-state index < -0.39 is 11.8 Å². The van der Waals surface area contributed by atoms with Gasteiger partial charge in [0.1, 0.15) is 11.6 Å². The van der Waals surface area contributed by atoms with Crippen molar-refractivity contribution in [3.8, 4) is 0 Å². The lowest BCUT2D eigenvalue weighted by Crippen LogP contribution is -2.49. The normalized spacial score (nSPS) is 18.1. The van der Waals surface area contributed by atoms with Crippen LogP contribution in [0.1, 0.15) is 39.1 Å². The van der Waals surface area contributed by atoms with Crippen LogP contribution < -0.4 is 5.32 Å². The third kappa shape index (κ3) is 6.96. The fraction of sp³-hybridized carbons (Fsp3) is 0.286. The number of nitrogens with one attached hydrogen (secondary N) is 1. The fourth-order valence-electron chi connectivity index (χ4n) is 4.34. The monoisotopic (exact) mass is 478 g/mol. The highest BCUT2D eigenvalue weighted by Crippen LogP contribution is 2.24. The molecular formula is C28H28F2N2O3. The second-order valence-electron chi connectivity index (χ2n) is 8.83. The van der Waals surface area contributed by atoms with Crippen LogP contribution in [0.2, 0.25) is 0 Å². The minimum absolute atomic E-state index is 0.114. The van der Waals surface area contributed by atoms with E-state index in [9.17, 15) is 18.4 Å². The van der Waals surface area contributed by atoms with E-state index in [0.29, 0.717) is 30.8 Å². The molecule has 0 bridgehead atoms. The first-order chi connectivity index (χ1) is 17.0. The van der Waals surface area contributed by atoms with Crippen LogP contribution in [-0.2, 0) is 11.3 Å². The number of carbonyl (C=O) groups excluding carboxylic acids is 2. The van der Waals surface area contributed by atoms with E-state index >= 15 is 0 Å². The van der Waals surface area contributed by atoms with Gasteiger partial charge in [-0.25, -0.2) is 13.6 Å². The maximum absolute atomic E-state index is 13.2. The second-order valence-corrected chi connectivity index (χ2v) is 8.83. The predicted octanol–water partition coefficient (Wildman–Crippen LogP) is 4.83. The first kappa shape index (κ1) is 24.5. The zero-order valence-corrected chi connectivity index (χ0v) is 19.3. The number of ether oxygens (including phenoxy) is 1. The summed E-state index contributed by atoms with van der Waals surface area (Å²) in [6, 6.07) is 21.0. The molecule has 4 rings (SSSR count). The molecule has 0 radical (unpaired) electrons. The molecule has 182 valence electrons. The van der Waals surface area contributed by atoms with Crippen LogP contribution in [0.25, 0.3) is 0 Å². The van der Waals surface area contributed by atoms with Gasteiger partial charge in [-0.15, -0.1) is 0 Å². The van der Waals surface area contributed by atoms with Crippen LogP contribution >= 0.6 is 0 Å². The third-order valence-electron chi connectivity index (χ3n) is 6.28. The zero-order valence-electron chi connectivity index (χ0n) is 19.3. The summed E-state index contributed by atoms with van der Waals surface area (Å²) in [4.78, 5) is 27.2. The number of benzene rings is 3. The van der Waals surface area contributed by atoms with Gasteiger partial charge in [0.2, 0.25) is 0 Å². The molecule has 3 aromatic carbocycles. The smallest absolute Gasteiger partial charge is 0.338 e. The minimum atomic E-state index is -0.465. The Labute approximate surface area is 203 Å². The number of piperidine rings is 1. The Morgan fingerprint density at radius 1 is 0.857 bits per heavy atom. The van der Waals surface area contributed by atoms with Crippen molar-refractivity contribution in [3.63, 3.8) is 0 Å². The molecule has 0 aliphatic carbocycles. The molecule has 0 aromatic heterocycles. The molecule has 1 amide bonds. The van der Waals surface area contributed by atoms with E-state index in [0.717, 1.165) is 18.4 Å². The first-order valence-corrected chi connectivity index (χ1v) is 11.7. The number of amides is 1. The maximum atomic E-state index is 13.2. The van der Waals surface area contributed by atoms with Gasteiger partial charge in [0, 0.05) is 37.2 Å². The Bertz CT molecular complexity index is 1120. The van der Waals surface area contributed by atoms with Crippen LogP contribution in [0, 0.1) is 17.6 Å². The van der Waals surface area contributed by atoms with Gasteiger partial charge in [-0.05, 0) is 66.9 Å². The molecule has 1 aliphatic rings. The molecule has 1 heterocycles. The number of likely N-dealkylation sites (tertiary alicyclic amines) is 1. The molecule has 1 fully saturated rings. The largest absolute Gasteiger partial charge is 0.462 e. The molecule has 0 spiro atoms. The molecule has 7 heteroatoms. The lowest BCUT2D eigenvalue weighted by molar-refractivity contribution is 0.0259. The summed E-state index contributed by atoms with van der Waals surface area (Å²) in [5, 5.41) is 2.98. The number of rotatable bonds is 8. The number of halogens is 2. The average molecular weight is 479 g/mol. The number of nitrogens with zero attached hydrogens (tertiary/aromatic N) is 1. The van der Waals surface area contributed by atoms with Crippen molar-refractivity contribution in [2.24, 2.45) is 5.92 Å². The summed E-state index contributed by atoms with van der Waals surface area (Å²) in [5.41, 5.74) is 1.90. The molecule has 0 unspecified atom stereocenters. The summed E-state index contributed by atoms with van der Waals surface area (Å²) in [7, 11) is 0. The second kappa shape index (κ2) is 11.7. The van der Waals surface area contributed by atoms with E-state index in [1.165, 1.54) is 48.5 Å². The standard InChI is InChI=1S/C28H28F2N2O3/c29-24-11-7-22(8-12-24)27(33)31-16-26-15-6-21(18-32(26)17-20-4-2-1-3-5-20)19-35-28(34)23-9-13-25(30)14-10-23/h1-5,7-14,21,26H,6,15-19H2,(H,31,33)/t21-,26+/m1/s1. The topological polar surface area (TPSA) is 58.6 Å². The summed E-state index contributed by atoms with van der Waals surface area (Å²) in [5.74, 6) is -1.34. The Hall–Kier alpha value is -3.58. The van der Waals surface area contributed by atoms with E-state index in [1.807, 2.05) is 18.2 Å². The van der Waals surface area contributed by atoms with Gasteiger partial charge in [0.15, 0.2) is 0 Å². The van der Waals surface area contributed by atoms with E-state index in [1.54, 1.807) is 0 Å². The van der Waals surface area contributed by atoms with Gasteiger partial charge in [-0.1, -0.05) is 30.3 Å². The van der Waals surface area contributed by atoms with E-state index in [2.05, 4.69) is 22.3 Å². The molecule has 2 atom stereocenters. The Morgan fingerprint density at radius 2 is 1.49 bits per heavy atom. The Balaban J connectivity index is 1.36. The van der Waals surface area contributed by atoms with Gasteiger partial charge in [-0.2, -0.15) is 0 Å². The highest BCUT2D eigenvalue weighted by Gasteiger charge is 2.29. The lowest BCUT2D eigenvalue weighted by Gasteiger charge is -2.39. The summed E-state index contributed by atoms with van der Waals surface area (Å²) < 4.78 is 31.8. The molecule has 1 aliphatic heterocycles. The molecule has 35 heavy (non-hydrogen) atoms. The molecular weight excluding hydrogens is 450 g/mol. The average Bonchev–Trinajstić information content (AvgIpc) is 2.88. The predicted molar refractivity (Wildman–Crippen MR) is 129 cm³/mol. The highest BCUT2D eigenvalue weighted by molar-refractivity contribution is 5.94. The van der Waals surface area contributed by atoms with Gasteiger partial charge in [0.05, 0.1) is 12.2 Å². The number of hydrogen-bond donors (Lipinski definition) is 1. The zero-order chi connectivity index (χ0) is 24.6. The van der Waals surface area contributed by atoms with Crippen molar-refractivity contribution in [1.29, 1.82) is 0 Å². The van der Waals surface area contributed by atoms with Gasteiger partial charge in [0.25, 0.3) is 5.91 Å². The van der Waals surface area contributed by atoms with Gasteiger partial charge < -0.3 is 10.1 Å². The van der Waals surface area contributed by atoms with Crippen molar-refractivity contribution in [2.75, 3.05) is 19.7 Å². The molecule has 3 aromatic rings. The molecule has 0 saturated carbocycles. The van der Waals surface area contributed by atoms with Crippen LogP contribution in [0.3, 0.4) is 0 Å². The van der Waals surface area contributed by atoms with E-state index in [4.69, 9.17) is 4.74 Å². The van der Waals surface area contributed by atoms with Crippen molar-refractivity contribution < 1.29 is 23.1 Å². The van der Waals surface area contributed by atoms with E-state index in [-0.39, 0.29) is 30.3 Å². The number of esters is 1. The lowest BCUT2D eigenvalue weighted by atomic mass is 9.92. The number of hydrogen-bond acceptors (Lipinski definition) is 4. The number of carbonyl (C=O) groups is 2. The van der Waals surface area contributed by atoms with Crippen molar-refractivity contribution in [3.05, 3.63) is 107 Å². The third-order valence-corrected chi connectivity index (χ3v) is 6.28. The van der Waals surface area contributed by atoms with Crippen LogP contribution in [0.5, 0.6) is 0 Å². The SMILES string of the molecule is O=C(NC[C@@H]1CC[C@@H](COC(=O)c2ccc(F)cc2)CN1Cc1ccccc1)c1ccc(F)cc1. The molecule has 1 saturated heterocycles. The van der Waals surface area contributed by atoms with Crippen molar-refractivity contribution in [2.45, 2.75) is 25.4 Å². The quantitative estimate of drug-likeness (QED) is 0.471. The Morgan fingerprint density at radius 3 is 2.14 bits per heavy atom. The van der Waals surface area contributed by atoms with Crippen molar-refractivity contribution >= 4 is 11.9 Å². The fourth-order valence-corrected chi connectivity index (χ4v) is 4.34. The van der Waals surface area contributed by atoms with Gasteiger partial charge in [-0.3, -0.25) is 9.69 Å². The van der Waals surface area contributed by atoms with Crippen LogP contribution in [0.4, 0.5) is 8.78 Å². The van der Waals surface area contributed by atoms with Crippen LogP contribution in [-0.4, -0.2) is 42.5 Å². The van der Waals surface area contributed by atoms with Gasteiger partial charge >= 0.3 is 5.97 Å². The summed E-state index contributed by atoms with van der Waals surface area (Å²) >= 11 is 0.